The molecule has 4 aromatic rings. The Morgan fingerprint density at radius 3 is 2.58 bits per heavy atom. The van der Waals surface area contributed by atoms with Gasteiger partial charge in [-0.15, -0.1) is 10.2 Å². The van der Waals surface area contributed by atoms with Gasteiger partial charge in [0.1, 0.15) is 0 Å². The second kappa shape index (κ2) is 9.23. The van der Waals surface area contributed by atoms with Crippen molar-refractivity contribution in [2.24, 2.45) is 11.8 Å². The molecule has 170 valence electrons. The first-order chi connectivity index (χ1) is 16.0. The zero-order chi connectivity index (χ0) is 22.9. The summed E-state index contributed by atoms with van der Waals surface area (Å²) in [6.45, 7) is 6.09. The van der Waals surface area contributed by atoms with Crippen LogP contribution >= 0.6 is 23.4 Å². The fourth-order valence-corrected chi connectivity index (χ4v) is 5.68. The minimum atomic E-state index is 0.151. The SMILES string of the molecule is CC1CC(C)CN(C(=O)CSc2nnc(-c3c[nH]c4ccccc34)n2-c2ccc(Cl)cc2)C1. The Bertz CT molecular complexity index is 1270. The Morgan fingerprint density at radius 1 is 1.09 bits per heavy atom. The van der Waals surface area contributed by atoms with Gasteiger partial charge in [0, 0.05) is 46.5 Å². The van der Waals surface area contributed by atoms with E-state index in [9.17, 15) is 4.79 Å². The predicted molar refractivity (Wildman–Crippen MR) is 134 cm³/mol. The molecule has 3 heterocycles. The Balaban J connectivity index is 1.47. The molecule has 2 atom stereocenters. The Labute approximate surface area is 202 Å². The van der Waals surface area contributed by atoms with E-state index in [1.807, 2.05) is 58.1 Å². The zero-order valence-corrected chi connectivity index (χ0v) is 20.2. The molecule has 2 aromatic heterocycles. The molecule has 33 heavy (non-hydrogen) atoms. The van der Waals surface area contributed by atoms with Gasteiger partial charge < -0.3 is 9.88 Å². The third-order valence-electron chi connectivity index (χ3n) is 6.09. The highest BCUT2D eigenvalue weighted by Crippen LogP contribution is 2.33. The Hall–Kier alpha value is -2.77. The number of nitrogens with zero attached hydrogens (tertiary/aromatic N) is 4. The van der Waals surface area contributed by atoms with Gasteiger partial charge in [-0.3, -0.25) is 9.36 Å². The number of carbonyl (C=O) groups is 1. The highest BCUT2D eigenvalue weighted by Gasteiger charge is 2.26. The number of rotatable bonds is 5. The first kappa shape index (κ1) is 22.0. The lowest BCUT2D eigenvalue weighted by Crippen LogP contribution is -2.43. The van der Waals surface area contributed by atoms with E-state index >= 15 is 0 Å². The fourth-order valence-electron chi connectivity index (χ4n) is 4.70. The Kier molecular flexibility index (Phi) is 6.17. The number of thioether (sulfide) groups is 1. The van der Waals surface area contributed by atoms with Crippen molar-refractivity contribution in [2.75, 3.05) is 18.8 Å². The summed E-state index contributed by atoms with van der Waals surface area (Å²) < 4.78 is 2.01. The van der Waals surface area contributed by atoms with Gasteiger partial charge >= 0.3 is 0 Å². The van der Waals surface area contributed by atoms with Crippen LogP contribution in [0.5, 0.6) is 0 Å². The van der Waals surface area contributed by atoms with Gasteiger partial charge in [-0.1, -0.05) is 55.4 Å². The summed E-state index contributed by atoms with van der Waals surface area (Å²) >= 11 is 7.57. The van der Waals surface area contributed by atoms with Crippen LogP contribution in [0.2, 0.25) is 5.02 Å². The monoisotopic (exact) mass is 479 g/mol. The number of fused-ring (bicyclic) bond motifs is 1. The number of hydrogen-bond donors (Lipinski definition) is 1. The van der Waals surface area contributed by atoms with Gasteiger partial charge in [0.25, 0.3) is 0 Å². The van der Waals surface area contributed by atoms with Gasteiger partial charge in [-0.05, 0) is 48.6 Å². The van der Waals surface area contributed by atoms with Crippen LogP contribution in [0.15, 0.2) is 59.9 Å². The zero-order valence-electron chi connectivity index (χ0n) is 18.7. The van der Waals surface area contributed by atoms with Crippen molar-refractivity contribution in [1.82, 2.24) is 24.6 Å². The molecule has 0 spiro atoms. The highest BCUT2D eigenvalue weighted by atomic mass is 35.5. The van der Waals surface area contributed by atoms with Crippen molar-refractivity contribution < 1.29 is 4.79 Å². The molecule has 0 bridgehead atoms. The smallest absolute Gasteiger partial charge is 0.233 e. The van der Waals surface area contributed by atoms with Crippen molar-refractivity contribution in [3.63, 3.8) is 0 Å². The summed E-state index contributed by atoms with van der Waals surface area (Å²) in [5.41, 5.74) is 2.90. The summed E-state index contributed by atoms with van der Waals surface area (Å²) in [6, 6.07) is 15.7. The quantitative estimate of drug-likeness (QED) is 0.375. The number of benzene rings is 2. The second-order valence-electron chi connectivity index (χ2n) is 8.90. The molecule has 2 aromatic carbocycles. The van der Waals surface area contributed by atoms with Crippen molar-refractivity contribution in [3.8, 4) is 17.1 Å². The fraction of sp³-hybridized carbons (Fsp3) is 0.320. The number of carbonyl (C=O) groups excluding carboxylic acids is 1. The van der Waals surface area contributed by atoms with Crippen LogP contribution in [0, 0.1) is 11.8 Å². The van der Waals surface area contributed by atoms with E-state index in [1.165, 1.54) is 18.2 Å². The van der Waals surface area contributed by atoms with E-state index in [1.54, 1.807) is 0 Å². The summed E-state index contributed by atoms with van der Waals surface area (Å²) in [5.74, 6) is 2.28. The lowest BCUT2D eigenvalue weighted by atomic mass is 9.92. The topological polar surface area (TPSA) is 66.8 Å². The molecule has 1 fully saturated rings. The molecule has 1 saturated heterocycles. The normalized spacial score (nSPS) is 18.7. The minimum absolute atomic E-state index is 0.151. The van der Waals surface area contributed by atoms with E-state index in [0.717, 1.165) is 41.1 Å². The number of halogens is 1. The molecule has 1 aliphatic rings. The third kappa shape index (κ3) is 4.52. The molecule has 1 amide bonds. The first-order valence-electron chi connectivity index (χ1n) is 11.2. The van der Waals surface area contributed by atoms with Gasteiger partial charge in [0.05, 0.1) is 5.75 Å². The van der Waals surface area contributed by atoms with Crippen LogP contribution in [-0.2, 0) is 4.79 Å². The predicted octanol–water partition coefficient (Wildman–Crippen LogP) is 5.67. The number of amides is 1. The van der Waals surface area contributed by atoms with E-state index < -0.39 is 0 Å². The molecular weight excluding hydrogens is 454 g/mol. The third-order valence-corrected chi connectivity index (χ3v) is 7.26. The van der Waals surface area contributed by atoms with Gasteiger partial charge in [0.15, 0.2) is 11.0 Å². The molecular formula is C25H26ClN5OS. The molecule has 0 radical (unpaired) electrons. The molecule has 0 saturated carbocycles. The maximum absolute atomic E-state index is 13.0. The van der Waals surface area contributed by atoms with Crippen molar-refractivity contribution >= 4 is 40.2 Å². The molecule has 1 aliphatic heterocycles. The lowest BCUT2D eigenvalue weighted by Gasteiger charge is -2.34. The van der Waals surface area contributed by atoms with Crippen LogP contribution in [0.25, 0.3) is 28.0 Å². The molecule has 0 aliphatic carbocycles. The van der Waals surface area contributed by atoms with Crippen molar-refractivity contribution in [1.29, 1.82) is 0 Å². The Morgan fingerprint density at radius 2 is 1.82 bits per heavy atom. The van der Waals surface area contributed by atoms with E-state index in [0.29, 0.717) is 27.8 Å². The van der Waals surface area contributed by atoms with Crippen LogP contribution in [0.3, 0.4) is 0 Å². The van der Waals surface area contributed by atoms with E-state index in [2.05, 4.69) is 35.1 Å². The lowest BCUT2D eigenvalue weighted by molar-refractivity contribution is -0.130. The average molecular weight is 480 g/mol. The molecule has 8 heteroatoms. The van der Waals surface area contributed by atoms with Crippen LogP contribution in [0.1, 0.15) is 20.3 Å². The maximum Gasteiger partial charge on any atom is 0.233 e. The first-order valence-corrected chi connectivity index (χ1v) is 12.5. The number of likely N-dealkylation sites (tertiary alicyclic amines) is 1. The molecule has 5 rings (SSSR count). The highest BCUT2D eigenvalue weighted by molar-refractivity contribution is 7.99. The molecule has 1 N–H and O–H groups in total. The number of hydrogen-bond acceptors (Lipinski definition) is 4. The van der Waals surface area contributed by atoms with Crippen molar-refractivity contribution in [2.45, 2.75) is 25.4 Å². The summed E-state index contributed by atoms with van der Waals surface area (Å²) in [6.07, 6.45) is 3.13. The summed E-state index contributed by atoms with van der Waals surface area (Å²) in [4.78, 5) is 18.3. The largest absolute Gasteiger partial charge is 0.360 e. The number of H-pyrrole nitrogens is 1. The van der Waals surface area contributed by atoms with Gasteiger partial charge in [0.2, 0.25) is 5.91 Å². The van der Waals surface area contributed by atoms with E-state index in [-0.39, 0.29) is 5.91 Å². The van der Waals surface area contributed by atoms with Crippen LogP contribution in [0.4, 0.5) is 0 Å². The summed E-state index contributed by atoms with van der Waals surface area (Å²) in [5, 5.41) is 11.4. The standard InChI is InChI=1S/C25H26ClN5OS/c1-16-11-17(2)14-30(13-16)23(32)15-33-25-29-28-24(31(25)19-9-7-18(26)8-10-19)21-12-27-22-6-4-3-5-20(21)22/h3-10,12,16-17,27H,11,13-15H2,1-2H3. The van der Waals surface area contributed by atoms with Gasteiger partial charge in [-0.25, -0.2) is 0 Å². The number of aromatic nitrogens is 4. The second-order valence-corrected chi connectivity index (χ2v) is 10.3. The van der Waals surface area contributed by atoms with Crippen LogP contribution in [-0.4, -0.2) is 49.4 Å². The number of nitrogens with one attached hydrogen (secondary N) is 1. The van der Waals surface area contributed by atoms with Gasteiger partial charge in [-0.2, -0.15) is 0 Å². The average Bonchev–Trinajstić information content (AvgIpc) is 3.41. The number of aromatic amines is 1. The van der Waals surface area contributed by atoms with E-state index in [4.69, 9.17) is 11.6 Å². The molecule has 6 nitrogen and oxygen atoms in total. The number of para-hydroxylation sites is 1. The minimum Gasteiger partial charge on any atom is -0.360 e. The summed E-state index contributed by atoms with van der Waals surface area (Å²) in [7, 11) is 0. The number of piperidine rings is 1. The van der Waals surface area contributed by atoms with Crippen molar-refractivity contribution in [3.05, 3.63) is 59.8 Å². The van der Waals surface area contributed by atoms with Crippen LogP contribution < -0.4 is 0 Å². The maximum atomic E-state index is 13.0. The molecule has 2 unspecified atom stereocenters.